The lowest BCUT2D eigenvalue weighted by atomic mass is 10.2. The van der Waals surface area contributed by atoms with Crippen LogP contribution in [0, 0.1) is 3.57 Å². The smallest absolute Gasteiger partial charge is 0.476 e. The Balaban J connectivity index is 3.44. The second-order valence-corrected chi connectivity index (χ2v) is 4.10. The predicted molar refractivity (Wildman–Crippen MR) is 55.6 cm³/mol. The Labute approximate surface area is 114 Å². The van der Waals surface area contributed by atoms with Gasteiger partial charge in [0.1, 0.15) is 0 Å². The van der Waals surface area contributed by atoms with E-state index in [0.29, 0.717) is 0 Å². The molecule has 0 aliphatic rings. The van der Waals surface area contributed by atoms with Gasteiger partial charge < -0.3 is 9.84 Å². The molecule has 0 saturated heterocycles. The maximum atomic E-state index is 12.5. The van der Waals surface area contributed by atoms with Crippen molar-refractivity contribution in [3.63, 3.8) is 0 Å². The molecule has 1 rings (SSSR count). The molecule has 19 heavy (non-hydrogen) atoms. The summed E-state index contributed by atoms with van der Waals surface area (Å²) < 4.78 is 75.7. The number of carboxylic acids is 1. The number of hydrogen-bond acceptors (Lipinski definition) is 3. The minimum Gasteiger partial charge on any atom is -0.476 e. The number of carbonyl (C=O) groups is 1. The van der Waals surface area contributed by atoms with E-state index < -0.39 is 39.2 Å². The van der Waals surface area contributed by atoms with Gasteiger partial charge in [-0.05, 0) is 22.6 Å². The lowest BCUT2D eigenvalue weighted by Crippen LogP contribution is -2.21. The third kappa shape index (κ3) is 4.11. The highest BCUT2D eigenvalue weighted by molar-refractivity contribution is 14.1. The van der Waals surface area contributed by atoms with Crippen LogP contribution in [0.5, 0.6) is 5.88 Å². The first-order chi connectivity index (χ1) is 8.42. The molecule has 11 heteroatoms. The molecule has 1 heterocycles. The van der Waals surface area contributed by atoms with Gasteiger partial charge in [0.2, 0.25) is 5.88 Å². The standard InChI is InChI=1S/C8H2F6INO3/c9-7(10,11)2-1-3(19-8(12,13)14)16-5(4(2)15)6(17)18/h1H,(H,17,18). The van der Waals surface area contributed by atoms with E-state index in [4.69, 9.17) is 5.11 Å². The number of rotatable bonds is 2. The van der Waals surface area contributed by atoms with Crippen molar-refractivity contribution in [2.24, 2.45) is 0 Å². The lowest BCUT2D eigenvalue weighted by molar-refractivity contribution is -0.276. The maximum Gasteiger partial charge on any atom is 0.574 e. The molecule has 1 N–H and O–H groups in total. The monoisotopic (exact) mass is 401 g/mol. The molecule has 0 aromatic carbocycles. The highest BCUT2D eigenvalue weighted by atomic mass is 127. The third-order valence-electron chi connectivity index (χ3n) is 1.66. The molecule has 0 atom stereocenters. The maximum absolute atomic E-state index is 12.5. The molecule has 0 radical (unpaired) electrons. The number of ether oxygens (including phenoxy) is 1. The molecule has 0 spiro atoms. The van der Waals surface area contributed by atoms with Gasteiger partial charge in [0, 0.05) is 6.07 Å². The average molecular weight is 401 g/mol. The van der Waals surface area contributed by atoms with Gasteiger partial charge in [-0.15, -0.1) is 13.2 Å². The topological polar surface area (TPSA) is 59.4 Å². The van der Waals surface area contributed by atoms with Gasteiger partial charge in [0.25, 0.3) is 0 Å². The van der Waals surface area contributed by atoms with Crippen LogP contribution in [0.3, 0.4) is 0 Å². The normalized spacial score (nSPS) is 12.4. The molecule has 1 aromatic rings. The van der Waals surface area contributed by atoms with Crippen LogP contribution < -0.4 is 4.74 Å². The Kier molecular flexibility index (Phi) is 4.17. The van der Waals surface area contributed by atoms with E-state index in [9.17, 15) is 31.1 Å². The second kappa shape index (κ2) is 5.02. The van der Waals surface area contributed by atoms with Crippen molar-refractivity contribution in [3.8, 4) is 5.88 Å². The summed E-state index contributed by atoms with van der Waals surface area (Å²) in [5, 5.41) is 8.61. The van der Waals surface area contributed by atoms with E-state index in [0.717, 1.165) is 22.6 Å². The van der Waals surface area contributed by atoms with Crippen LogP contribution in [-0.2, 0) is 6.18 Å². The molecular formula is C8H2F6INO3. The largest absolute Gasteiger partial charge is 0.574 e. The molecule has 1 aromatic heterocycles. The fourth-order valence-electron chi connectivity index (χ4n) is 1.02. The molecule has 0 saturated carbocycles. The SMILES string of the molecule is O=C(O)c1nc(OC(F)(F)F)cc(C(F)(F)F)c1I. The number of nitrogens with zero attached hydrogens (tertiary/aromatic N) is 1. The Morgan fingerprint density at radius 1 is 1.26 bits per heavy atom. The molecule has 0 bridgehead atoms. The summed E-state index contributed by atoms with van der Waals surface area (Å²) in [6.45, 7) is 0. The number of hydrogen-bond donors (Lipinski definition) is 1. The first kappa shape index (κ1) is 15.8. The third-order valence-corrected chi connectivity index (χ3v) is 2.75. The Hall–Kier alpha value is -1.27. The molecule has 4 nitrogen and oxygen atoms in total. The predicted octanol–water partition coefficient (Wildman–Crippen LogP) is 3.30. The van der Waals surface area contributed by atoms with Crippen LogP contribution in [0.4, 0.5) is 26.3 Å². The van der Waals surface area contributed by atoms with Crippen LogP contribution in [-0.4, -0.2) is 22.4 Å². The minimum absolute atomic E-state index is 0.0122. The summed E-state index contributed by atoms with van der Waals surface area (Å²) in [6, 6.07) is -0.0122. The molecule has 0 aliphatic heterocycles. The van der Waals surface area contributed by atoms with E-state index in [1.807, 2.05) is 0 Å². The number of pyridine rings is 1. The van der Waals surface area contributed by atoms with Gasteiger partial charge in [-0.1, -0.05) is 0 Å². The van der Waals surface area contributed by atoms with Crippen LogP contribution >= 0.6 is 22.6 Å². The van der Waals surface area contributed by atoms with Gasteiger partial charge in [0.05, 0.1) is 9.13 Å². The van der Waals surface area contributed by atoms with Gasteiger partial charge in [-0.2, -0.15) is 13.2 Å². The second-order valence-electron chi connectivity index (χ2n) is 3.02. The highest BCUT2D eigenvalue weighted by Crippen LogP contribution is 2.36. The number of halogens is 7. The van der Waals surface area contributed by atoms with E-state index in [1.165, 1.54) is 0 Å². The molecular weight excluding hydrogens is 399 g/mol. The van der Waals surface area contributed by atoms with E-state index in [-0.39, 0.29) is 6.07 Å². The zero-order valence-corrected chi connectivity index (χ0v) is 10.6. The summed E-state index contributed by atoms with van der Waals surface area (Å²) in [5.41, 5.74) is -2.74. The van der Waals surface area contributed by atoms with Gasteiger partial charge in [-0.25, -0.2) is 9.78 Å². The van der Waals surface area contributed by atoms with Crippen molar-refractivity contribution in [2.45, 2.75) is 12.5 Å². The minimum atomic E-state index is -5.28. The summed E-state index contributed by atoms with van der Waals surface area (Å²) >= 11 is 1.04. The van der Waals surface area contributed by atoms with Gasteiger partial charge >= 0.3 is 18.5 Å². The first-order valence-electron chi connectivity index (χ1n) is 4.18. The summed E-state index contributed by atoms with van der Waals surface area (Å²) in [7, 11) is 0. The van der Waals surface area contributed by atoms with E-state index in [1.54, 1.807) is 0 Å². The van der Waals surface area contributed by atoms with Crippen LogP contribution in [0.25, 0.3) is 0 Å². The molecule has 0 aliphatic carbocycles. The Morgan fingerprint density at radius 2 is 1.79 bits per heavy atom. The number of aromatic carboxylic acids is 1. The van der Waals surface area contributed by atoms with Crippen molar-refractivity contribution in [3.05, 3.63) is 20.9 Å². The Bertz CT molecular complexity index is 512. The lowest BCUT2D eigenvalue weighted by Gasteiger charge is -2.14. The van der Waals surface area contributed by atoms with E-state index >= 15 is 0 Å². The van der Waals surface area contributed by atoms with Crippen LogP contribution in [0.15, 0.2) is 6.07 Å². The molecule has 0 unspecified atom stereocenters. The molecule has 0 fully saturated rings. The fraction of sp³-hybridized carbons (Fsp3) is 0.250. The van der Waals surface area contributed by atoms with E-state index in [2.05, 4.69) is 9.72 Å². The summed E-state index contributed by atoms with van der Waals surface area (Å²) in [6.07, 6.45) is -10.3. The fourth-order valence-corrected chi connectivity index (χ4v) is 1.84. The number of alkyl halides is 6. The zero-order chi connectivity index (χ0) is 15.0. The molecule has 0 amide bonds. The van der Waals surface area contributed by atoms with Crippen LogP contribution in [0.2, 0.25) is 0 Å². The molecule has 106 valence electrons. The Morgan fingerprint density at radius 3 is 2.16 bits per heavy atom. The van der Waals surface area contributed by atoms with Crippen molar-refractivity contribution in [2.75, 3.05) is 0 Å². The van der Waals surface area contributed by atoms with Gasteiger partial charge in [0.15, 0.2) is 5.69 Å². The summed E-state index contributed by atoms with van der Waals surface area (Å²) in [4.78, 5) is 13.5. The summed E-state index contributed by atoms with van der Waals surface area (Å²) in [5.74, 6) is -3.39. The first-order valence-corrected chi connectivity index (χ1v) is 5.26. The quantitative estimate of drug-likeness (QED) is 0.611. The van der Waals surface area contributed by atoms with Gasteiger partial charge in [-0.3, -0.25) is 0 Å². The number of carboxylic acid groups (broad SMARTS) is 1. The van der Waals surface area contributed by atoms with Crippen molar-refractivity contribution < 1.29 is 41.0 Å². The average Bonchev–Trinajstić information content (AvgIpc) is 2.16. The highest BCUT2D eigenvalue weighted by Gasteiger charge is 2.38. The zero-order valence-electron chi connectivity index (χ0n) is 8.43. The van der Waals surface area contributed by atoms with Crippen LogP contribution in [0.1, 0.15) is 16.1 Å². The van der Waals surface area contributed by atoms with Crippen molar-refractivity contribution in [1.29, 1.82) is 0 Å². The number of aromatic nitrogens is 1. The van der Waals surface area contributed by atoms with Crippen molar-refractivity contribution >= 4 is 28.6 Å². The van der Waals surface area contributed by atoms with Crippen molar-refractivity contribution in [1.82, 2.24) is 4.98 Å².